The van der Waals surface area contributed by atoms with Crippen LogP contribution in [0, 0.1) is 5.92 Å². The molecule has 8 heteroatoms. The Hall–Kier alpha value is -3.68. The van der Waals surface area contributed by atoms with E-state index in [1.54, 1.807) is 58.3 Å². The van der Waals surface area contributed by atoms with E-state index in [9.17, 15) is 19.2 Å². The summed E-state index contributed by atoms with van der Waals surface area (Å²) in [4.78, 5) is 55.1. The van der Waals surface area contributed by atoms with Crippen LogP contribution in [-0.2, 0) is 11.3 Å². The Labute approximate surface area is 199 Å². The zero-order valence-corrected chi connectivity index (χ0v) is 19.5. The third kappa shape index (κ3) is 4.95. The third-order valence-corrected chi connectivity index (χ3v) is 6.00. The molecule has 2 heterocycles. The molecule has 1 saturated heterocycles. The van der Waals surface area contributed by atoms with E-state index in [0.717, 1.165) is 5.56 Å². The molecule has 0 aromatic heterocycles. The number of carbonyl (C=O) groups is 4. The lowest BCUT2D eigenvalue weighted by Gasteiger charge is -2.22. The lowest BCUT2D eigenvalue weighted by molar-refractivity contribution is 0.0641. The Morgan fingerprint density at radius 3 is 2.06 bits per heavy atom. The van der Waals surface area contributed by atoms with Gasteiger partial charge >= 0.3 is 6.09 Å². The summed E-state index contributed by atoms with van der Waals surface area (Å²) < 4.78 is 5.31. The molecular formula is C26H29N3O5. The van der Waals surface area contributed by atoms with Gasteiger partial charge in [-0.25, -0.2) is 4.79 Å². The molecular weight excluding hydrogens is 434 g/mol. The van der Waals surface area contributed by atoms with Crippen LogP contribution in [0.3, 0.4) is 0 Å². The van der Waals surface area contributed by atoms with Crippen LogP contribution in [0.5, 0.6) is 0 Å². The van der Waals surface area contributed by atoms with Crippen molar-refractivity contribution in [1.29, 1.82) is 0 Å². The van der Waals surface area contributed by atoms with Crippen molar-refractivity contribution in [1.82, 2.24) is 14.7 Å². The number of carbonyl (C=O) groups excluding carboxylic acids is 4. The van der Waals surface area contributed by atoms with E-state index in [1.807, 2.05) is 13.8 Å². The smallest absolute Gasteiger partial charge is 0.409 e. The van der Waals surface area contributed by atoms with Gasteiger partial charge in [0.25, 0.3) is 17.7 Å². The van der Waals surface area contributed by atoms with E-state index < -0.39 is 0 Å². The molecule has 8 nitrogen and oxygen atoms in total. The predicted octanol–water partition coefficient (Wildman–Crippen LogP) is 3.42. The predicted molar refractivity (Wildman–Crippen MR) is 125 cm³/mol. The van der Waals surface area contributed by atoms with Crippen LogP contribution in [0.2, 0.25) is 0 Å². The van der Waals surface area contributed by atoms with Gasteiger partial charge in [0.15, 0.2) is 0 Å². The van der Waals surface area contributed by atoms with Crippen molar-refractivity contribution < 1.29 is 23.9 Å². The molecule has 2 aliphatic heterocycles. The van der Waals surface area contributed by atoms with Gasteiger partial charge in [0, 0.05) is 31.7 Å². The molecule has 0 bridgehead atoms. The normalized spacial score (nSPS) is 16.0. The zero-order chi connectivity index (χ0) is 24.2. The van der Waals surface area contributed by atoms with Crippen molar-refractivity contribution >= 4 is 23.8 Å². The average Bonchev–Trinajstić information content (AvgIpc) is 3.01. The molecule has 4 rings (SSSR count). The van der Waals surface area contributed by atoms with Gasteiger partial charge in [0.05, 0.1) is 24.3 Å². The molecule has 0 aliphatic carbocycles. The molecule has 0 radical (unpaired) electrons. The molecule has 0 spiro atoms. The summed E-state index contributed by atoms with van der Waals surface area (Å²) in [5, 5.41) is 0. The Bertz CT molecular complexity index is 1060. The van der Waals surface area contributed by atoms with E-state index in [-0.39, 0.29) is 36.3 Å². The van der Waals surface area contributed by atoms with Crippen LogP contribution in [0.25, 0.3) is 0 Å². The van der Waals surface area contributed by atoms with Crippen molar-refractivity contribution in [2.75, 3.05) is 32.8 Å². The summed E-state index contributed by atoms with van der Waals surface area (Å²) in [6.07, 6.45) is 0.348. The standard InChI is InChI=1S/C26H29N3O5/c1-18(2)17-34-26(33)28-13-5-12-27(14-15-28)23(30)20-10-8-19(9-11-20)16-29-24(31)21-6-3-4-7-22(21)25(29)32/h3-4,6-11,18H,5,12-17H2,1-2H3. The molecule has 0 N–H and O–H groups in total. The lowest BCUT2D eigenvalue weighted by Crippen LogP contribution is -2.38. The number of ether oxygens (including phenoxy) is 1. The maximum Gasteiger partial charge on any atom is 0.409 e. The van der Waals surface area contributed by atoms with Gasteiger partial charge < -0.3 is 14.5 Å². The van der Waals surface area contributed by atoms with Crippen molar-refractivity contribution in [3.8, 4) is 0 Å². The molecule has 34 heavy (non-hydrogen) atoms. The van der Waals surface area contributed by atoms with Crippen LogP contribution >= 0.6 is 0 Å². The number of nitrogens with zero attached hydrogens (tertiary/aromatic N) is 3. The summed E-state index contributed by atoms with van der Waals surface area (Å²) in [6, 6.07) is 13.8. The Balaban J connectivity index is 1.35. The Morgan fingerprint density at radius 1 is 0.853 bits per heavy atom. The van der Waals surface area contributed by atoms with Gasteiger partial charge in [-0.05, 0) is 42.2 Å². The van der Waals surface area contributed by atoms with Crippen LogP contribution in [0.1, 0.15) is 56.9 Å². The quantitative estimate of drug-likeness (QED) is 0.634. The van der Waals surface area contributed by atoms with E-state index in [0.29, 0.717) is 55.9 Å². The van der Waals surface area contributed by atoms with Crippen LogP contribution < -0.4 is 0 Å². The number of hydrogen-bond acceptors (Lipinski definition) is 5. The van der Waals surface area contributed by atoms with Gasteiger partial charge in [-0.3, -0.25) is 19.3 Å². The topological polar surface area (TPSA) is 87.2 Å². The van der Waals surface area contributed by atoms with E-state index in [1.165, 1.54) is 4.90 Å². The first-order valence-corrected chi connectivity index (χ1v) is 11.6. The maximum absolute atomic E-state index is 13.0. The first-order valence-electron chi connectivity index (χ1n) is 11.6. The minimum absolute atomic E-state index is 0.107. The molecule has 0 saturated carbocycles. The molecule has 178 valence electrons. The monoisotopic (exact) mass is 463 g/mol. The molecule has 4 amide bonds. The summed E-state index contributed by atoms with van der Waals surface area (Å²) >= 11 is 0. The van der Waals surface area contributed by atoms with Crippen molar-refractivity contribution in [3.63, 3.8) is 0 Å². The van der Waals surface area contributed by atoms with Gasteiger partial charge in [0.1, 0.15) is 0 Å². The minimum atomic E-state index is -0.333. The van der Waals surface area contributed by atoms with Gasteiger partial charge in [-0.1, -0.05) is 38.1 Å². The van der Waals surface area contributed by atoms with E-state index in [4.69, 9.17) is 4.74 Å². The number of benzene rings is 2. The number of hydrogen-bond donors (Lipinski definition) is 0. The third-order valence-electron chi connectivity index (χ3n) is 6.00. The van der Waals surface area contributed by atoms with Crippen molar-refractivity contribution in [2.45, 2.75) is 26.8 Å². The van der Waals surface area contributed by atoms with Crippen molar-refractivity contribution in [3.05, 3.63) is 70.8 Å². The fraction of sp³-hybridized carbons (Fsp3) is 0.385. The molecule has 2 aromatic rings. The van der Waals surface area contributed by atoms with Crippen LogP contribution in [0.15, 0.2) is 48.5 Å². The van der Waals surface area contributed by atoms with Crippen LogP contribution in [0.4, 0.5) is 4.79 Å². The second-order valence-electron chi connectivity index (χ2n) is 9.04. The first-order chi connectivity index (χ1) is 16.3. The number of rotatable bonds is 5. The van der Waals surface area contributed by atoms with Gasteiger partial charge in [0.2, 0.25) is 0 Å². The second-order valence-corrected chi connectivity index (χ2v) is 9.04. The fourth-order valence-corrected chi connectivity index (χ4v) is 4.13. The van der Waals surface area contributed by atoms with E-state index >= 15 is 0 Å². The number of fused-ring (bicyclic) bond motifs is 1. The molecule has 2 aliphatic rings. The fourth-order valence-electron chi connectivity index (χ4n) is 4.13. The highest BCUT2D eigenvalue weighted by atomic mass is 16.6. The molecule has 2 aromatic carbocycles. The van der Waals surface area contributed by atoms with Crippen molar-refractivity contribution in [2.24, 2.45) is 5.92 Å². The number of imide groups is 1. The Kier molecular flexibility index (Phi) is 6.95. The van der Waals surface area contributed by atoms with Gasteiger partial charge in [-0.2, -0.15) is 0 Å². The first kappa shape index (κ1) is 23.5. The largest absolute Gasteiger partial charge is 0.449 e. The SMILES string of the molecule is CC(C)COC(=O)N1CCCN(C(=O)c2ccc(CN3C(=O)c4ccccc4C3=O)cc2)CC1. The minimum Gasteiger partial charge on any atom is -0.449 e. The summed E-state index contributed by atoms with van der Waals surface area (Å²) in [6.45, 7) is 6.49. The summed E-state index contributed by atoms with van der Waals surface area (Å²) in [5.74, 6) is -0.442. The highest BCUT2D eigenvalue weighted by Crippen LogP contribution is 2.24. The molecule has 0 atom stereocenters. The molecule has 0 unspecified atom stereocenters. The number of amides is 4. The molecule has 1 fully saturated rings. The average molecular weight is 464 g/mol. The Morgan fingerprint density at radius 2 is 1.44 bits per heavy atom. The summed E-state index contributed by atoms with van der Waals surface area (Å²) in [7, 11) is 0. The highest BCUT2D eigenvalue weighted by Gasteiger charge is 2.35. The second kappa shape index (κ2) is 10.1. The highest BCUT2D eigenvalue weighted by molar-refractivity contribution is 6.21. The maximum atomic E-state index is 13.0. The zero-order valence-electron chi connectivity index (χ0n) is 19.5. The van der Waals surface area contributed by atoms with Crippen LogP contribution in [-0.4, -0.2) is 71.3 Å². The van der Waals surface area contributed by atoms with E-state index in [2.05, 4.69) is 0 Å². The lowest BCUT2D eigenvalue weighted by atomic mass is 10.1. The summed E-state index contributed by atoms with van der Waals surface area (Å²) in [5.41, 5.74) is 2.13. The van der Waals surface area contributed by atoms with Gasteiger partial charge in [-0.15, -0.1) is 0 Å².